The number of amides is 2. The Hall–Kier alpha value is -1.95. The number of pyridine rings is 1. The Kier molecular flexibility index (Phi) is 6.52. The van der Waals surface area contributed by atoms with Gasteiger partial charge in [-0.05, 0) is 37.4 Å². The molecule has 2 atom stereocenters. The summed E-state index contributed by atoms with van der Waals surface area (Å²) in [4.78, 5) is 30.1. The molecule has 23 heavy (non-hydrogen) atoms. The third kappa shape index (κ3) is 5.03. The summed E-state index contributed by atoms with van der Waals surface area (Å²) >= 11 is 0. The van der Waals surface area contributed by atoms with Gasteiger partial charge < -0.3 is 16.0 Å². The zero-order valence-corrected chi connectivity index (χ0v) is 13.7. The molecule has 2 amide bonds. The second-order valence-corrected chi connectivity index (χ2v) is 6.14. The highest BCUT2D eigenvalue weighted by atomic mass is 16.2. The lowest BCUT2D eigenvalue weighted by Crippen LogP contribution is -2.42. The first-order valence-electron chi connectivity index (χ1n) is 8.23. The highest BCUT2D eigenvalue weighted by Gasteiger charge is 2.31. The molecule has 6 heteroatoms. The summed E-state index contributed by atoms with van der Waals surface area (Å²) in [5.41, 5.74) is 6.65. The van der Waals surface area contributed by atoms with Gasteiger partial charge in [0.15, 0.2) is 0 Å². The number of carbonyl (C=O) groups is 2. The summed E-state index contributed by atoms with van der Waals surface area (Å²) in [5, 5.41) is 2.77. The first kappa shape index (κ1) is 17.4. The monoisotopic (exact) mass is 318 g/mol. The summed E-state index contributed by atoms with van der Waals surface area (Å²) in [6, 6.07) is 5.73. The lowest BCUT2D eigenvalue weighted by molar-refractivity contribution is -0.133. The standard InChI is InChI=1S/C17H26N4O2/c1-21(10-8-14-6-2-3-9-19-14)16(22)12-20-17(23)15-7-4-5-13(15)11-18/h2-3,6,9,13,15H,4-5,7-8,10-12,18H2,1H3,(H,20,23)/t13-,15-/m1/s1. The number of carbonyl (C=O) groups excluding carboxylic acids is 2. The van der Waals surface area contributed by atoms with Gasteiger partial charge in [0.25, 0.3) is 0 Å². The number of nitrogens with two attached hydrogens (primary N) is 1. The molecule has 126 valence electrons. The van der Waals surface area contributed by atoms with E-state index in [0.29, 0.717) is 19.5 Å². The molecule has 0 spiro atoms. The fourth-order valence-corrected chi connectivity index (χ4v) is 3.05. The molecule has 1 aromatic heterocycles. The summed E-state index contributed by atoms with van der Waals surface area (Å²) in [5.74, 6) is 0.0969. The van der Waals surface area contributed by atoms with Crippen LogP contribution in [0.25, 0.3) is 0 Å². The smallest absolute Gasteiger partial charge is 0.241 e. The largest absolute Gasteiger partial charge is 0.347 e. The number of rotatable bonds is 7. The molecule has 0 unspecified atom stereocenters. The van der Waals surface area contributed by atoms with Crippen molar-refractivity contribution in [2.45, 2.75) is 25.7 Å². The number of hydrogen-bond donors (Lipinski definition) is 2. The van der Waals surface area contributed by atoms with E-state index in [4.69, 9.17) is 5.73 Å². The summed E-state index contributed by atoms with van der Waals surface area (Å²) in [6.45, 7) is 1.17. The molecule has 2 rings (SSSR count). The second kappa shape index (κ2) is 8.62. The molecule has 0 bridgehead atoms. The van der Waals surface area contributed by atoms with Gasteiger partial charge in [-0.25, -0.2) is 0 Å². The summed E-state index contributed by atoms with van der Waals surface area (Å²) < 4.78 is 0. The zero-order valence-electron chi connectivity index (χ0n) is 13.7. The molecule has 0 radical (unpaired) electrons. The van der Waals surface area contributed by atoms with Gasteiger partial charge in [-0.2, -0.15) is 0 Å². The lowest BCUT2D eigenvalue weighted by atomic mass is 9.95. The maximum Gasteiger partial charge on any atom is 0.241 e. The molecule has 0 aromatic carbocycles. The van der Waals surface area contributed by atoms with Crippen LogP contribution in [0.1, 0.15) is 25.0 Å². The normalized spacial score (nSPS) is 20.3. The Morgan fingerprint density at radius 1 is 1.39 bits per heavy atom. The van der Waals surface area contributed by atoms with E-state index in [-0.39, 0.29) is 30.2 Å². The summed E-state index contributed by atoms with van der Waals surface area (Å²) in [7, 11) is 1.75. The SMILES string of the molecule is CN(CCc1ccccn1)C(=O)CNC(=O)[C@@H]1CCC[C@@H]1CN. The molecule has 1 aliphatic carbocycles. The highest BCUT2D eigenvalue weighted by molar-refractivity contribution is 5.86. The number of aromatic nitrogens is 1. The van der Waals surface area contributed by atoms with E-state index in [1.54, 1.807) is 18.1 Å². The quantitative estimate of drug-likeness (QED) is 0.769. The molecule has 1 aliphatic rings. The number of nitrogens with zero attached hydrogens (tertiary/aromatic N) is 2. The molecule has 1 saturated carbocycles. The Balaban J connectivity index is 1.72. The molecular weight excluding hydrogens is 292 g/mol. The minimum atomic E-state index is -0.0865. The Morgan fingerprint density at radius 3 is 2.91 bits per heavy atom. The van der Waals surface area contributed by atoms with Crippen LogP contribution in [0.2, 0.25) is 0 Å². The van der Waals surface area contributed by atoms with Crippen LogP contribution in [0.5, 0.6) is 0 Å². The zero-order chi connectivity index (χ0) is 16.7. The van der Waals surface area contributed by atoms with E-state index < -0.39 is 0 Å². The van der Waals surface area contributed by atoms with Crippen LogP contribution in [0.4, 0.5) is 0 Å². The molecular formula is C17H26N4O2. The first-order chi connectivity index (χ1) is 11.1. The van der Waals surface area contributed by atoms with Gasteiger partial charge in [0.1, 0.15) is 0 Å². The Morgan fingerprint density at radius 2 is 2.22 bits per heavy atom. The van der Waals surface area contributed by atoms with E-state index in [1.807, 2.05) is 18.2 Å². The van der Waals surface area contributed by atoms with Crippen molar-refractivity contribution < 1.29 is 9.59 Å². The van der Waals surface area contributed by atoms with Gasteiger partial charge in [-0.1, -0.05) is 12.5 Å². The molecule has 6 nitrogen and oxygen atoms in total. The van der Waals surface area contributed by atoms with Gasteiger partial charge in [-0.15, -0.1) is 0 Å². The average molecular weight is 318 g/mol. The van der Waals surface area contributed by atoms with Crippen molar-refractivity contribution in [2.75, 3.05) is 26.7 Å². The highest BCUT2D eigenvalue weighted by Crippen LogP contribution is 2.30. The minimum absolute atomic E-state index is 0.0355. The van der Waals surface area contributed by atoms with E-state index in [9.17, 15) is 9.59 Å². The van der Waals surface area contributed by atoms with Crippen LogP contribution in [0, 0.1) is 11.8 Å². The van der Waals surface area contributed by atoms with Crippen molar-refractivity contribution in [1.29, 1.82) is 0 Å². The predicted octanol–water partition coefficient (Wildman–Crippen LogP) is 0.574. The molecule has 1 heterocycles. The molecule has 0 saturated heterocycles. The number of likely N-dealkylation sites (N-methyl/N-ethyl adjacent to an activating group) is 1. The van der Waals surface area contributed by atoms with Gasteiger partial charge in [0, 0.05) is 37.8 Å². The van der Waals surface area contributed by atoms with E-state index >= 15 is 0 Å². The van der Waals surface area contributed by atoms with Gasteiger partial charge in [-0.3, -0.25) is 14.6 Å². The van der Waals surface area contributed by atoms with Crippen LogP contribution in [-0.2, 0) is 16.0 Å². The Bertz CT molecular complexity index is 521. The third-order valence-corrected chi connectivity index (χ3v) is 4.57. The third-order valence-electron chi connectivity index (χ3n) is 4.57. The first-order valence-corrected chi connectivity index (χ1v) is 8.23. The second-order valence-electron chi connectivity index (χ2n) is 6.14. The van der Waals surface area contributed by atoms with Gasteiger partial charge >= 0.3 is 0 Å². The Labute approximate surface area is 137 Å². The van der Waals surface area contributed by atoms with Crippen molar-refractivity contribution in [1.82, 2.24) is 15.2 Å². The fourth-order valence-electron chi connectivity index (χ4n) is 3.05. The maximum atomic E-state index is 12.2. The van der Waals surface area contributed by atoms with E-state index in [1.165, 1.54) is 0 Å². The van der Waals surface area contributed by atoms with Crippen molar-refractivity contribution in [3.63, 3.8) is 0 Å². The number of nitrogens with one attached hydrogen (secondary N) is 1. The van der Waals surface area contributed by atoms with Crippen LogP contribution < -0.4 is 11.1 Å². The number of hydrogen-bond acceptors (Lipinski definition) is 4. The van der Waals surface area contributed by atoms with Crippen LogP contribution in [0.3, 0.4) is 0 Å². The van der Waals surface area contributed by atoms with Gasteiger partial charge in [0.05, 0.1) is 6.54 Å². The summed E-state index contributed by atoms with van der Waals surface area (Å²) in [6.07, 6.45) is 5.36. The maximum absolute atomic E-state index is 12.2. The van der Waals surface area contributed by atoms with Crippen molar-refractivity contribution >= 4 is 11.8 Å². The molecule has 0 aliphatic heterocycles. The fraction of sp³-hybridized carbons (Fsp3) is 0.588. The van der Waals surface area contributed by atoms with E-state index in [0.717, 1.165) is 25.0 Å². The van der Waals surface area contributed by atoms with Crippen molar-refractivity contribution in [2.24, 2.45) is 17.6 Å². The average Bonchev–Trinajstić information content (AvgIpc) is 3.06. The topological polar surface area (TPSA) is 88.3 Å². The van der Waals surface area contributed by atoms with E-state index in [2.05, 4.69) is 10.3 Å². The molecule has 1 fully saturated rings. The van der Waals surface area contributed by atoms with Crippen LogP contribution in [0.15, 0.2) is 24.4 Å². The lowest BCUT2D eigenvalue weighted by Gasteiger charge is -2.20. The van der Waals surface area contributed by atoms with Crippen molar-refractivity contribution in [3.8, 4) is 0 Å². The van der Waals surface area contributed by atoms with Gasteiger partial charge in [0.2, 0.25) is 11.8 Å². The van der Waals surface area contributed by atoms with Crippen LogP contribution >= 0.6 is 0 Å². The van der Waals surface area contributed by atoms with Crippen molar-refractivity contribution in [3.05, 3.63) is 30.1 Å². The predicted molar refractivity (Wildman–Crippen MR) is 88.5 cm³/mol. The van der Waals surface area contributed by atoms with Crippen LogP contribution in [-0.4, -0.2) is 48.4 Å². The molecule has 3 N–H and O–H groups in total. The minimum Gasteiger partial charge on any atom is -0.347 e. The molecule has 1 aromatic rings.